The van der Waals surface area contributed by atoms with Gasteiger partial charge in [0.25, 0.3) is 10.0 Å². The molecule has 102 valence electrons. The van der Waals surface area contributed by atoms with Crippen molar-refractivity contribution in [3.8, 4) is 0 Å². The van der Waals surface area contributed by atoms with Gasteiger partial charge in [-0.25, -0.2) is 13.1 Å². The molecule has 0 unspecified atom stereocenters. The summed E-state index contributed by atoms with van der Waals surface area (Å²) in [5, 5.41) is 3.72. The monoisotopic (exact) mass is 344 g/mol. The molecule has 2 rings (SSSR count). The molecule has 19 heavy (non-hydrogen) atoms. The van der Waals surface area contributed by atoms with Crippen molar-refractivity contribution >= 4 is 31.8 Å². The topological polar surface area (TPSA) is 72.2 Å². The zero-order valence-electron chi connectivity index (χ0n) is 10.7. The van der Waals surface area contributed by atoms with E-state index in [0.29, 0.717) is 16.8 Å². The summed E-state index contributed by atoms with van der Waals surface area (Å²) >= 11 is 3.31. The Morgan fingerprint density at radius 3 is 2.47 bits per heavy atom. The standard InChI is InChI=1S/C12H13BrN2O3S/c1-7-9(3)14-18-12(7)15-19(16,17)11-6-4-5-10(13)8(11)2/h4-6,15H,1-3H3. The number of nitrogens with zero attached hydrogens (tertiary/aromatic N) is 1. The van der Waals surface area contributed by atoms with Gasteiger partial charge in [0, 0.05) is 10.0 Å². The Balaban J connectivity index is 2.44. The molecule has 0 aliphatic carbocycles. The van der Waals surface area contributed by atoms with Crippen LogP contribution >= 0.6 is 15.9 Å². The summed E-state index contributed by atoms with van der Waals surface area (Å²) in [5.74, 6) is 0.150. The predicted octanol–water partition coefficient (Wildman–Crippen LogP) is 3.16. The van der Waals surface area contributed by atoms with Gasteiger partial charge in [-0.2, -0.15) is 0 Å². The molecule has 0 atom stereocenters. The lowest BCUT2D eigenvalue weighted by atomic mass is 10.2. The van der Waals surface area contributed by atoms with Gasteiger partial charge in [-0.15, -0.1) is 0 Å². The molecule has 1 N–H and O–H groups in total. The predicted molar refractivity (Wildman–Crippen MR) is 75.7 cm³/mol. The van der Waals surface area contributed by atoms with Gasteiger partial charge in [-0.05, 0) is 38.5 Å². The summed E-state index contributed by atoms with van der Waals surface area (Å²) in [6.45, 7) is 5.23. The summed E-state index contributed by atoms with van der Waals surface area (Å²) in [6.07, 6.45) is 0. The molecule has 0 spiro atoms. The molecule has 0 saturated heterocycles. The van der Waals surface area contributed by atoms with Crippen molar-refractivity contribution < 1.29 is 12.9 Å². The van der Waals surface area contributed by atoms with Gasteiger partial charge in [0.15, 0.2) is 0 Å². The molecule has 5 nitrogen and oxygen atoms in total. The summed E-state index contributed by atoms with van der Waals surface area (Å²) in [6, 6.07) is 5.00. The second-order valence-electron chi connectivity index (χ2n) is 4.19. The number of anilines is 1. The molecule has 0 radical (unpaired) electrons. The highest BCUT2D eigenvalue weighted by Gasteiger charge is 2.21. The quantitative estimate of drug-likeness (QED) is 0.928. The average Bonchev–Trinajstić information content (AvgIpc) is 2.64. The van der Waals surface area contributed by atoms with Gasteiger partial charge < -0.3 is 4.52 Å². The lowest BCUT2D eigenvalue weighted by Gasteiger charge is -2.09. The average molecular weight is 345 g/mol. The van der Waals surface area contributed by atoms with Gasteiger partial charge in [-0.3, -0.25) is 0 Å². The van der Waals surface area contributed by atoms with E-state index in [9.17, 15) is 8.42 Å². The summed E-state index contributed by atoms with van der Waals surface area (Å²) < 4.78 is 32.8. The number of aromatic nitrogens is 1. The van der Waals surface area contributed by atoms with Crippen LogP contribution < -0.4 is 4.72 Å². The molecule has 0 fully saturated rings. The van der Waals surface area contributed by atoms with Crippen molar-refractivity contribution in [1.82, 2.24) is 5.16 Å². The van der Waals surface area contributed by atoms with Crippen LogP contribution in [0.25, 0.3) is 0 Å². The number of sulfonamides is 1. The Kier molecular flexibility index (Phi) is 3.69. The van der Waals surface area contributed by atoms with Crippen molar-refractivity contribution in [2.24, 2.45) is 0 Å². The first-order valence-electron chi connectivity index (χ1n) is 5.53. The van der Waals surface area contributed by atoms with Crippen LogP contribution in [0.15, 0.2) is 32.1 Å². The molecule has 2 aromatic rings. The minimum absolute atomic E-state index is 0.150. The first-order valence-corrected chi connectivity index (χ1v) is 7.81. The number of halogens is 1. The molecule has 0 bridgehead atoms. The number of hydrogen-bond acceptors (Lipinski definition) is 4. The smallest absolute Gasteiger partial charge is 0.264 e. The third kappa shape index (κ3) is 2.66. The van der Waals surface area contributed by atoms with Crippen LogP contribution in [0.2, 0.25) is 0 Å². The zero-order chi connectivity index (χ0) is 14.2. The molecular weight excluding hydrogens is 332 g/mol. The van der Waals surface area contributed by atoms with Gasteiger partial charge in [0.2, 0.25) is 5.88 Å². The maximum atomic E-state index is 12.3. The van der Waals surface area contributed by atoms with Crippen LogP contribution in [0, 0.1) is 20.8 Å². The first kappa shape index (κ1) is 14.1. The Hall–Kier alpha value is -1.34. The maximum absolute atomic E-state index is 12.3. The fourth-order valence-electron chi connectivity index (χ4n) is 1.57. The fourth-order valence-corrected chi connectivity index (χ4v) is 3.38. The molecule has 0 amide bonds. The molecule has 0 aliphatic rings. The molecule has 7 heteroatoms. The van der Waals surface area contributed by atoms with Crippen LogP contribution in [0.5, 0.6) is 0 Å². The van der Waals surface area contributed by atoms with Gasteiger partial charge in [0.05, 0.1) is 10.6 Å². The number of aryl methyl sites for hydroxylation is 1. The number of hydrogen-bond donors (Lipinski definition) is 1. The Morgan fingerprint density at radius 1 is 1.21 bits per heavy atom. The summed E-state index contributed by atoms with van der Waals surface area (Å²) in [4.78, 5) is 0.204. The Labute approximate surface area is 120 Å². The van der Waals surface area contributed by atoms with E-state index in [1.54, 1.807) is 39.0 Å². The minimum atomic E-state index is -3.69. The molecule has 1 aromatic carbocycles. The molecule has 0 saturated carbocycles. The van der Waals surface area contributed by atoms with Crippen LogP contribution in [0.4, 0.5) is 5.88 Å². The second kappa shape index (κ2) is 4.97. The Bertz CT molecular complexity index is 723. The van der Waals surface area contributed by atoms with Gasteiger partial charge in [-0.1, -0.05) is 27.2 Å². The van der Waals surface area contributed by atoms with Crippen molar-refractivity contribution in [3.05, 3.63) is 39.5 Å². The van der Waals surface area contributed by atoms with Crippen LogP contribution in [-0.2, 0) is 10.0 Å². The maximum Gasteiger partial charge on any atom is 0.264 e. The third-order valence-corrected chi connectivity index (χ3v) is 5.23. The molecule has 0 aliphatic heterocycles. The summed E-state index contributed by atoms with van der Waals surface area (Å²) in [5.41, 5.74) is 1.98. The zero-order valence-corrected chi connectivity index (χ0v) is 13.1. The molecular formula is C12H13BrN2O3S. The lowest BCUT2D eigenvalue weighted by Crippen LogP contribution is -2.14. The number of benzene rings is 1. The van der Waals surface area contributed by atoms with Crippen molar-refractivity contribution in [2.45, 2.75) is 25.7 Å². The van der Waals surface area contributed by atoms with Crippen molar-refractivity contribution in [1.29, 1.82) is 0 Å². The highest BCUT2D eigenvalue weighted by Crippen LogP contribution is 2.26. The van der Waals surface area contributed by atoms with E-state index >= 15 is 0 Å². The van der Waals surface area contributed by atoms with E-state index < -0.39 is 10.0 Å². The van der Waals surface area contributed by atoms with Gasteiger partial charge >= 0.3 is 0 Å². The number of nitrogens with one attached hydrogen (secondary N) is 1. The minimum Gasteiger partial charge on any atom is -0.337 e. The van der Waals surface area contributed by atoms with E-state index in [2.05, 4.69) is 25.8 Å². The third-order valence-electron chi connectivity index (χ3n) is 2.89. The highest BCUT2D eigenvalue weighted by atomic mass is 79.9. The van der Waals surface area contributed by atoms with Gasteiger partial charge in [0.1, 0.15) is 0 Å². The first-order chi connectivity index (χ1) is 8.83. The SMILES string of the molecule is Cc1noc(NS(=O)(=O)c2cccc(Br)c2C)c1C. The van der Waals surface area contributed by atoms with E-state index in [0.717, 1.165) is 4.47 Å². The van der Waals surface area contributed by atoms with Crippen molar-refractivity contribution in [2.75, 3.05) is 4.72 Å². The lowest BCUT2D eigenvalue weighted by molar-refractivity contribution is 0.430. The van der Waals surface area contributed by atoms with E-state index in [1.165, 1.54) is 0 Å². The summed E-state index contributed by atoms with van der Waals surface area (Å²) in [7, 11) is -3.69. The number of rotatable bonds is 3. The fraction of sp³-hybridized carbons (Fsp3) is 0.250. The Morgan fingerprint density at radius 2 is 1.89 bits per heavy atom. The normalized spacial score (nSPS) is 11.6. The highest BCUT2D eigenvalue weighted by molar-refractivity contribution is 9.10. The van der Waals surface area contributed by atoms with Crippen LogP contribution in [0.3, 0.4) is 0 Å². The van der Waals surface area contributed by atoms with Crippen molar-refractivity contribution in [3.63, 3.8) is 0 Å². The molecule has 1 aromatic heterocycles. The van der Waals surface area contributed by atoms with E-state index in [4.69, 9.17) is 4.52 Å². The van der Waals surface area contributed by atoms with E-state index in [1.807, 2.05) is 0 Å². The van der Waals surface area contributed by atoms with Crippen LogP contribution in [-0.4, -0.2) is 13.6 Å². The second-order valence-corrected chi connectivity index (χ2v) is 6.70. The largest absolute Gasteiger partial charge is 0.337 e. The van der Waals surface area contributed by atoms with Crippen LogP contribution in [0.1, 0.15) is 16.8 Å². The van der Waals surface area contributed by atoms with E-state index in [-0.39, 0.29) is 10.8 Å². The molecule has 1 heterocycles.